The van der Waals surface area contributed by atoms with E-state index in [0.29, 0.717) is 13.2 Å². The number of benzene rings is 1. The van der Waals surface area contributed by atoms with E-state index in [1.165, 1.54) is 9.75 Å². The van der Waals surface area contributed by atoms with Gasteiger partial charge in [0.05, 0.1) is 20.3 Å². The maximum atomic E-state index is 5.62. The van der Waals surface area contributed by atoms with Crippen LogP contribution in [0, 0.1) is 0 Å². The Balaban J connectivity index is 1.90. The molecule has 0 aliphatic heterocycles. The first kappa shape index (κ1) is 19.1. The van der Waals surface area contributed by atoms with Gasteiger partial charge >= 0.3 is 0 Å². The van der Waals surface area contributed by atoms with E-state index in [4.69, 9.17) is 9.47 Å². The average Bonchev–Trinajstić information content (AvgIpc) is 3.10. The summed E-state index contributed by atoms with van der Waals surface area (Å²) in [6.45, 7) is 6.18. The van der Waals surface area contributed by atoms with Crippen molar-refractivity contribution in [2.24, 2.45) is 4.99 Å². The van der Waals surface area contributed by atoms with Crippen LogP contribution in [-0.4, -0.2) is 26.7 Å². The summed E-state index contributed by atoms with van der Waals surface area (Å²) in [6.07, 6.45) is 1.08. The highest BCUT2D eigenvalue weighted by Gasteiger charge is 2.06. The van der Waals surface area contributed by atoms with Gasteiger partial charge in [-0.25, -0.2) is 0 Å². The van der Waals surface area contributed by atoms with Gasteiger partial charge in [0, 0.05) is 23.3 Å². The zero-order chi connectivity index (χ0) is 18.1. The van der Waals surface area contributed by atoms with Gasteiger partial charge in [-0.1, -0.05) is 13.0 Å². The molecule has 1 aromatic heterocycles. The maximum Gasteiger partial charge on any atom is 0.191 e. The number of methoxy groups -OCH3 is 1. The van der Waals surface area contributed by atoms with Crippen LogP contribution in [-0.2, 0) is 19.5 Å². The lowest BCUT2D eigenvalue weighted by molar-refractivity contribution is 0.310. The molecule has 0 aliphatic carbocycles. The lowest BCUT2D eigenvalue weighted by Crippen LogP contribution is -2.36. The molecule has 0 atom stereocenters. The molecule has 1 aromatic carbocycles. The summed E-state index contributed by atoms with van der Waals surface area (Å²) in [5.74, 6) is 2.29. The second kappa shape index (κ2) is 9.93. The van der Waals surface area contributed by atoms with Gasteiger partial charge in [0.2, 0.25) is 0 Å². The van der Waals surface area contributed by atoms with Crippen LogP contribution in [0.15, 0.2) is 35.3 Å². The first-order valence-electron chi connectivity index (χ1n) is 8.51. The van der Waals surface area contributed by atoms with Crippen LogP contribution in [0.5, 0.6) is 11.5 Å². The molecule has 2 aromatic rings. The molecule has 0 spiro atoms. The Hall–Kier alpha value is -2.21. The molecule has 0 saturated heterocycles. The fourth-order valence-corrected chi connectivity index (χ4v) is 3.28. The van der Waals surface area contributed by atoms with E-state index in [1.807, 2.05) is 36.5 Å². The number of nitrogens with zero attached hydrogens (tertiary/aromatic N) is 1. The minimum atomic E-state index is 0.608. The van der Waals surface area contributed by atoms with Crippen LogP contribution in [0.2, 0.25) is 0 Å². The molecule has 0 amide bonds. The Kier molecular flexibility index (Phi) is 7.60. The van der Waals surface area contributed by atoms with Crippen molar-refractivity contribution in [2.75, 3.05) is 20.8 Å². The number of aliphatic imine (C=N–C) groups is 1. The van der Waals surface area contributed by atoms with Gasteiger partial charge in [0.15, 0.2) is 17.5 Å². The predicted molar refractivity (Wildman–Crippen MR) is 105 cm³/mol. The molecule has 2 N–H and O–H groups in total. The second-order valence-corrected chi connectivity index (χ2v) is 6.67. The van der Waals surface area contributed by atoms with Gasteiger partial charge in [-0.3, -0.25) is 4.99 Å². The second-order valence-electron chi connectivity index (χ2n) is 5.42. The first-order valence-corrected chi connectivity index (χ1v) is 9.33. The number of nitrogens with one attached hydrogen (secondary N) is 2. The number of aryl methyl sites for hydroxylation is 1. The van der Waals surface area contributed by atoms with E-state index >= 15 is 0 Å². The van der Waals surface area contributed by atoms with Crippen LogP contribution in [0.25, 0.3) is 0 Å². The van der Waals surface area contributed by atoms with Crippen LogP contribution in [0.1, 0.15) is 29.2 Å². The van der Waals surface area contributed by atoms with Gasteiger partial charge in [-0.2, -0.15) is 0 Å². The third kappa shape index (κ3) is 5.67. The first-order chi connectivity index (χ1) is 12.2. The van der Waals surface area contributed by atoms with E-state index in [1.54, 1.807) is 14.2 Å². The summed E-state index contributed by atoms with van der Waals surface area (Å²) < 4.78 is 10.9. The molecule has 1 heterocycles. The number of ether oxygens (including phenoxy) is 2. The third-order valence-corrected chi connectivity index (χ3v) is 4.94. The topological polar surface area (TPSA) is 54.9 Å². The van der Waals surface area contributed by atoms with Crippen LogP contribution < -0.4 is 20.1 Å². The number of hydrogen-bond acceptors (Lipinski definition) is 4. The van der Waals surface area contributed by atoms with Crippen molar-refractivity contribution in [1.82, 2.24) is 10.6 Å². The van der Waals surface area contributed by atoms with Crippen molar-refractivity contribution < 1.29 is 9.47 Å². The van der Waals surface area contributed by atoms with E-state index in [2.05, 4.69) is 34.7 Å². The van der Waals surface area contributed by atoms with Crippen molar-refractivity contribution in [2.45, 2.75) is 33.4 Å². The minimum absolute atomic E-state index is 0.608. The number of guanidine groups is 1. The predicted octanol–water partition coefficient (Wildman–Crippen LogP) is 3.58. The molecule has 0 saturated carbocycles. The van der Waals surface area contributed by atoms with Gasteiger partial charge in [0.25, 0.3) is 0 Å². The fourth-order valence-electron chi connectivity index (χ4n) is 2.38. The van der Waals surface area contributed by atoms with Crippen molar-refractivity contribution in [3.63, 3.8) is 0 Å². The maximum absolute atomic E-state index is 5.62. The Morgan fingerprint density at radius 3 is 2.44 bits per heavy atom. The third-order valence-electron chi connectivity index (χ3n) is 3.71. The Morgan fingerprint density at radius 2 is 1.80 bits per heavy atom. The zero-order valence-electron chi connectivity index (χ0n) is 15.4. The standard InChI is InChI=1S/C19H27N3O2S/c1-5-15-8-9-16(25-15)13-22-19(20-3)21-12-14-7-10-17(23-4)18(11-14)24-6-2/h7-11H,5-6,12-13H2,1-4H3,(H2,20,21,22). The van der Waals surface area contributed by atoms with Crippen molar-refractivity contribution in [3.05, 3.63) is 45.6 Å². The average molecular weight is 362 g/mol. The van der Waals surface area contributed by atoms with Crippen molar-refractivity contribution >= 4 is 17.3 Å². The largest absolute Gasteiger partial charge is 0.493 e. The molecule has 5 nitrogen and oxygen atoms in total. The van der Waals surface area contributed by atoms with Gasteiger partial charge in [-0.05, 0) is 43.2 Å². The SMILES string of the molecule is CCOc1cc(CNC(=NC)NCc2ccc(CC)s2)ccc1OC. The quantitative estimate of drug-likeness (QED) is 0.557. The van der Waals surface area contributed by atoms with E-state index in [0.717, 1.165) is 36.0 Å². The molecule has 25 heavy (non-hydrogen) atoms. The van der Waals surface area contributed by atoms with Crippen LogP contribution in [0.3, 0.4) is 0 Å². The molecule has 0 radical (unpaired) electrons. The highest BCUT2D eigenvalue weighted by Crippen LogP contribution is 2.27. The van der Waals surface area contributed by atoms with Crippen molar-refractivity contribution in [1.29, 1.82) is 0 Å². The van der Waals surface area contributed by atoms with Gasteiger partial charge < -0.3 is 20.1 Å². The highest BCUT2D eigenvalue weighted by molar-refractivity contribution is 7.11. The Bertz CT molecular complexity index is 698. The molecular weight excluding hydrogens is 334 g/mol. The molecule has 0 aliphatic rings. The summed E-state index contributed by atoms with van der Waals surface area (Å²) >= 11 is 1.84. The lowest BCUT2D eigenvalue weighted by atomic mass is 10.2. The Morgan fingerprint density at radius 1 is 1.04 bits per heavy atom. The van der Waals surface area contributed by atoms with E-state index in [-0.39, 0.29) is 0 Å². The van der Waals surface area contributed by atoms with Crippen LogP contribution >= 0.6 is 11.3 Å². The van der Waals surface area contributed by atoms with Gasteiger partial charge in [-0.15, -0.1) is 11.3 Å². The molecular formula is C19H27N3O2S. The van der Waals surface area contributed by atoms with Gasteiger partial charge in [0.1, 0.15) is 0 Å². The summed E-state index contributed by atoms with van der Waals surface area (Å²) in [5.41, 5.74) is 1.11. The summed E-state index contributed by atoms with van der Waals surface area (Å²) in [5, 5.41) is 6.68. The van der Waals surface area contributed by atoms with E-state index < -0.39 is 0 Å². The van der Waals surface area contributed by atoms with Crippen LogP contribution in [0.4, 0.5) is 0 Å². The summed E-state index contributed by atoms with van der Waals surface area (Å²) in [4.78, 5) is 6.99. The highest BCUT2D eigenvalue weighted by atomic mass is 32.1. The number of rotatable bonds is 8. The fraction of sp³-hybridized carbons (Fsp3) is 0.421. The minimum Gasteiger partial charge on any atom is -0.493 e. The number of hydrogen-bond donors (Lipinski definition) is 2. The zero-order valence-corrected chi connectivity index (χ0v) is 16.2. The molecule has 6 heteroatoms. The van der Waals surface area contributed by atoms with E-state index in [9.17, 15) is 0 Å². The monoisotopic (exact) mass is 361 g/mol. The summed E-state index contributed by atoms with van der Waals surface area (Å²) in [6, 6.07) is 10.3. The molecule has 0 unspecified atom stereocenters. The molecule has 136 valence electrons. The lowest BCUT2D eigenvalue weighted by Gasteiger charge is -2.14. The summed E-state index contributed by atoms with van der Waals surface area (Å²) in [7, 11) is 3.43. The Labute approximate surface area is 154 Å². The molecule has 2 rings (SSSR count). The molecule has 0 fully saturated rings. The molecule has 0 bridgehead atoms. The smallest absolute Gasteiger partial charge is 0.191 e. The van der Waals surface area contributed by atoms with Crippen molar-refractivity contribution in [3.8, 4) is 11.5 Å². The normalized spacial score (nSPS) is 11.3. The number of thiophene rings is 1.